The summed E-state index contributed by atoms with van der Waals surface area (Å²) in [7, 11) is 0. The van der Waals surface area contributed by atoms with Crippen molar-refractivity contribution in [2.24, 2.45) is 5.73 Å². The van der Waals surface area contributed by atoms with Crippen LogP contribution in [0.5, 0.6) is 0 Å². The second kappa shape index (κ2) is 16.9. The first kappa shape index (κ1) is 23.1. The molecule has 0 amide bonds. The van der Waals surface area contributed by atoms with E-state index in [1.807, 2.05) is 27.7 Å². The van der Waals surface area contributed by atoms with Crippen molar-refractivity contribution in [3.63, 3.8) is 0 Å². The summed E-state index contributed by atoms with van der Waals surface area (Å²) in [4.78, 5) is 0. The largest absolute Gasteiger partial charge is 0.326 e. The highest BCUT2D eigenvalue weighted by molar-refractivity contribution is 5.22. The molecule has 1 saturated carbocycles. The van der Waals surface area contributed by atoms with E-state index in [9.17, 15) is 0 Å². The molecule has 0 bridgehead atoms. The lowest BCUT2D eigenvalue weighted by Crippen LogP contribution is -2.33. The van der Waals surface area contributed by atoms with Crippen LogP contribution in [0.25, 0.3) is 0 Å². The Morgan fingerprint density at radius 2 is 1.46 bits per heavy atom. The molecule has 0 saturated heterocycles. The van der Waals surface area contributed by atoms with Gasteiger partial charge in [0.1, 0.15) is 0 Å². The third-order valence-corrected chi connectivity index (χ3v) is 4.16. The Morgan fingerprint density at radius 3 is 2.04 bits per heavy atom. The van der Waals surface area contributed by atoms with Gasteiger partial charge in [-0.15, -0.1) is 0 Å². The molecule has 24 heavy (non-hydrogen) atoms. The van der Waals surface area contributed by atoms with Gasteiger partial charge in [0.15, 0.2) is 0 Å². The minimum atomic E-state index is 0.626. The lowest BCUT2D eigenvalue weighted by Gasteiger charge is -2.22. The lowest BCUT2D eigenvalue weighted by molar-refractivity contribution is 0.371. The predicted octanol–water partition coefficient (Wildman–Crippen LogP) is 4.60. The number of nitrogens with one attached hydrogen (secondary N) is 2. The summed E-state index contributed by atoms with van der Waals surface area (Å²) in [5.41, 5.74) is 8.13. The van der Waals surface area contributed by atoms with E-state index < -0.39 is 0 Å². The summed E-state index contributed by atoms with van der Waals surface area (Å²) in [6, 6.07) is 9.33. The second-order valence-electron chi connectivity index (χ2n) is 5.84. The van der Waals surface area contributed by atoms with Crippen LogP contribution in [0.3, 0.4) is 0 Å². The van der Waals surface area contributed by atoms with Crippen LogP contribution >= 0.6 is 0 Å². The third-order valence-electron chi connectivity index (χ3n) is 4.16. The maximum absolute atomic E-state index is 5.59. The van der Waals surface area contributed by atoms with Gasteiger partial charge >= 0.3 is 0 Å². The van der Waals surface area contributed by atoms with Crippen LogP contribution in [0.2, 0.25) is 0 Å². The first-order chi connectivity index (χ1) is 11.9. The maximum Gasteiger partial charge on any atom is 0.0205 e. The minimum absolute atomic E-state index is 0.626. The zero-order valence-corrected chi connectivity index (χ0v) is 16.5. The molecule has 0 aliphatic heterocycles. The van der Waals surface area contributed by atoms with Crippen molar-refractivity contribution < 1.29 is 0 Å². The summed E-state index contributed by atoms with van der Waals surface area (Å²) < 4.78 is 0. The first-order valence-corrected chi connectivity index (χ1v) is 10.1. The molecule has 0 radical (unpaired) electrons. The van der Waals surface area contributed by atoms with Crippen molar-refractivity contribution in [3.8, 4) is 0 Å². The fraction of sp³-hybridized carbons (Fsp3) is 0.714. The molecule has 1 aliphatic carbocycles. The monoisotopic (exact) mass is 335 g/mol. The molecule has 1 fully saturated rings. The predicted molar refractivity (Wildman–Crippen MR) is 108 cm³/mol. The Bertz CT molecular complexity index is 356. The van der Waals surface area contributed by atoms with Crippen LogP contribution < -0.4 is 16.4 Å². The molecule has 140 valence electrons. The molecule has 2 rings (SSSR count). The van der Waals surface area contributed by atoms with E-state index in [0.29, 0.717) is 6.54 Å². The fourth-order valence-corrected chi connectivity index (χ4v) is 2.85. The third kappa shape index (κ3) is 10.8. The molecule has 0 atom stereocenters. The highest BCUT2D eigenvalue weighted by Crippen LogP contribution is 2.17. The Kier molecular flexibility index (Phi) is 16.3. The molecular formula is C21H41N3. The SMILES string of the molecule is CC.CC.NCc1ccc(CNCCCNC2CCCCC2)cc1. The van der Waals surface area contributed by atoms with Crippen LogP contribution in [-0.2, 0) is 13.1 Å². The molecule has 3 heteroatoms. The standard InChI is InChI=1S/C17H29N3.2C2H6/c18-13-15-7-9-16(10-8-15)14-19-11-4-12-20-17-5-2-1-3-6-17;2*1-2/h7-10,17,19-20H,1-6,11-14,18H2;2*1-2H3. The van der Waals surface area contributed by atoms with Crippen molar-refractivity contribution >= 4 is 0 Å². The van der Waals surface area contributed by atoms with Crippen LogP contribution in [0.1, 0.15) is 77.3 Å². The van der Waals surface area contributed by atoms with E-state index >= 15 is 0 Å². The van der Waals surface area contributed by atoms with Gasteiger partial charge in [-0.3, -0.25) is 0 Å². The zero-order chi connectivity index (χ0) is 18.0. The zero-order valence-electron chi connectivity index (χ0n) is 16.5. The fourth-order valence-electron chi connectivity index (χ4n) is 2.85. The Hall–Kier alpha value is -0.900. The highest BCUT2D eigenvalue weighted by atomic mass is 14.9. The first-order valence-electron chi connectivity index (χ1n) is 10.1. The van der Waals surface area contributed by atoms with Crippen molar-refractivity contribution in [2.75, 3.05) is 13.1 Å². The van der Waals surface area contributed by atoms with Gasteiger partial charge in [0.25, 0.3) is 0 Å². The van der Waals surface area contributed by atoms with Crippen molar-refractivity contribution in [3.05, 3.63) is 35.4 Å². The summed E-state index contributed by atoms with van der Waals surface area (Å²) in [5.74, 6) is 0. The molecule has 0 aromatic heterocycles. The normalized spacial score (nSPS) is 14.2. The smallest absolute Gasteiger partial charge is 0.0205 e. The molecule has 1 aromatic rings. The lowest BCUT2D eigenvalue weighted by atomic mass is 9.95. The second-order valence-corrected chi connectivity index (χ2v) is 5.84. The van der Waals surface area contributed by atoms with Crippen LogP contribution in [-0.4, -0.2) is 19.1 Å². The van der Waals surface area contributed by atoms with E-state index in [2.05, 4.69) is 34.9 Å². The molecule has 0 heterocycles. The molecular weight excluding hydrogens is 294 g/mol. The van der Waals surface area contributed by atoms with E-state index in [1.165, 1.54) is 49.7 Å². The Labute approximate surface area is 150 Å². The Morgan fingerprint density at radius 1 is 0.875 bits per heavy atom. The van der Waals surface area contributed by atoms with Gasteiger partial charge in [0.05, 0.1) is 0 Å². The van der Waals surface area contributed by atoms with Gasteiger partial charge in [-0.25, -0.2) is 0 Å². The number of nitrogens with two attached hydrogens (primary N) is 1. The molecule has 4 N–H and O–H groups in total. The van der Waals surface area contributed by atoms with Crippen LogP contribution in [0.4, 0.5) is 0 Å². The molecule has 1 aliphatic rings. The van der Waals surface area contributed by atoms with Crippen molar-refractivity contribution in [2.45, 2.75) is 85.4 Å². The summed E-state index contributed by atoms with van der Waals surface area (Å²) >= 11 is 0. The van der Waals surface area contributed by atoms with Gasteiger partial charge in [-0.05, 0) is 43.5 Å². The van der Waals surface area contributed by atoms with Gasteiger partial charge in [-0.1, -0.05) is 71.2 Å². The summed E-state index contributed by atoms with van der Waals surface area (Å²) in [5, 5.41) is 7.19. The minimum Gasteiger partial charge on any atom is -0.326 e. The van der Waals surface area contributed by atoms with E-state index in [4.69, 9.17) is 5.73 Å². The van der Waals surface area contributed by atoms with Crippen LogP contribution in [0.15, 0.2) is 24.3 Å². The van der Waals surface area contributed by atoms with Gasteiger partial charge in [0.2, 0.25) is 0 Å². The van der Waals surface area contributed by atoms with E-state index in [1.54, 1.807) is 0 Å². The van der Waals surface area contributed by atoms with Gasteiger partial charge < -0.3 is 16.4 Å². The number of hydrogen-bond donors (Lipinski definition) is 3. The van der Waals surface area contributed by atoms with Crippen LogP contribution in [0, 0.1) is 0 Å². The van der Waals surface area contributed by atoms with E-state index in [-0.39, 0.29) is 0 Å². The van der Waals surface area contributed by atoms with Gasteiger partial charge in [-0.2, -0.15) is 0 Å². The maximum atomic E-state index is 5.59. The Balaban J connectivity index is 0.00000123. The van der Waals surface area contributed by atoms with Crippen molar-refractivity contribution in [1.82, 2.24) is 10.6 Å². The number of hydrogen-bond acceptors (Lipinski definition) is 3. The number of benzene rings is 1. The summed E-state index contributed by atoms with van der Waals surface area (Å²) in [6.45, 7) is 11.8. The molecule has 0 spiro atoms. The average molecular weight is 336 g/mol. The summed E-state index contributed by atoms with van der Waals surface area (Å²) in [6.07, 6.45) is 8.21. The molecule has 3 nitrogen and oxygen atoms in total. The topological polar surface area (TPSA) is 50.1 Å². The van der Waals surface area contributed by atoms with Crippen molar-refractivity contribution in [1.29, 1.82) is 0 Å². The highest BCUT2D eigenvalue weighted by Gasteiger charge is 2.11. The molecule has 0 unspecified atom stereocenters. The van der Waals surface area contributed by atoms with E-state index in [0.717, 1.165) is 25.7 Å². The van der Waals surface area contributed by atoms with Gasteiger partial charge in [0, 0.05) is 19.1 Å². The number of rotatable bonds is 8. The molecule has 1 aromatic carbocycles. The quantitative estimate of drug-likeness (QED) is 0.609. The average Bonchev–Trinajstić information content (AvgIpc) is 2.69.